The monoisotopic (exact) mass is 624 g/mol. The quantitative estimate of drug-likeness (QED) is 0.105. The van der Waals surface area contributed by atoms with E-state index in [4.69, 9.17) is 0 Å². The first-order valence-electron chi connectivity index (χ1n) is 11.8. The Kier molecular flexibility index (Phi) is 8.71. The fourth-order valence-corrected chi connectivity index (χ4v) is 5.60. The van der Waals surface area contributed by atoms with Gasteiger partial charge in [0.05, 0.1) is 0 Å². The molecule has 0 aromatic heterocycles. The Morgan fingerprint density at radius 2 is 0.775 bits per heavy atom. The summed E-state index contributed by atoms with van der Waals surface area (Å²) in [5.74, 6) is 0. The summed E-state index contributed by atoms with van der Waals surface area (Å²) in [7, 11) is -10.7. The molecule has 0 spiro atoms. The Bertz CT molecular complexity index is 1550. The predicted octanol–water partition coefficient (Wildman–Crippen LogP) is 12.1. The van der Waals surface area contributed by atoms with Crippen LogP contribution in [0.1, 0.15) is 0 Å². The van der Waals surface area contributed by atoms with Crippen LogP contribution in [-0.2, 0) is 12.6 Å². The van der Waals surface area contributed by atoms with Gasteiger partial charge in [-0.15, -0.1) is 0 Å². The van der Waals surface area contributed by atoms with E-state index < -0.39 is 7.81 Å². The van der Waals surface area contributed by atoms with Crippen LogP contribution in [0.3, 0.4) is 0 Å². The molecule has 0 N–H and O–H groups in total. The maximum Gasteiger partial charge on any atom is 0.158 e. The smallest absolute Gasteiger partial charge is 0.0901 e. The molecule has 0 aliphatic carbocycles. The molecule has 0 saturated carbocycles. The van der Waals surface area contributed by atoms with E-state index in [0.29, 0.717) is 0 Å². The van der Waals surface area contributed by atoms with Gasteiger partial charge >= 0.3 is 33.0 Å². The number of benzene rings is 5. The van der Waals surface area contributed by atoms with Crippen molar-refractivity contribution in [1.29, 1.82) is 0 Å². The average Bonchev–Trinajstić information content (AvgIpc) is 2.90. The normalized spacial score (nSPS) is 13.0. The Morgan fingerprint density at radius 3 is 1.20 bits per heavy atom. The first kappa shape index (κ1) is 30.1. The molecule has 208 valence electrons. The zero-order chi connectivity index (χ0) is 28.9. The molecule has 10 heteroatoms. The molecule has 0 fully saturated rings. The van der Waals surface area contributed by atoms with Gasteiger partial charge in [0.15, 0.2) is 4.90 Å². The van der Waals surface area contributed by atoms with E-state index in [2.05, 4.69) is 128 Å². The van der Waals surface area contributed by atoms with E-state index in [1.807, 2.05) is 12.1 Å². The second-order valence-electron chi connectivity index (χ2n) is 8.60. The maximum absolute atomic E-state index is 10.7. The van der Waals surface area contributed by atoms with E-state index >= 15 is 0 Å². The number of rotatable bonds is 6. The maximum atomic E-state index is 9.87. The fourth-order valence-electron chi connectivity index (χ4n) is 3.63. The van der Waals surface area contributed by atoms with Crippen molar-refractivity contribution in [2.45, 2.75) is 24.5 Å². The minimum absolute atomic E-state index is 1.10. The van der Waals surface area contributed by atoms with Gasteiger partial charge in [-0.2, -0.15) is 0 Å². The molecule has 0 heterocycles. The number of hydrogen-bond donors (Lipinski definition) is 0. The largest absolute Gasteiger partial charge is 0.158 e. The van der Waals surface area contributed by atoms with Crippen LogP contribution >= 0.6 is 31.3 Å². The summed E-state index contributed by atoms with van der Waals surface area (Å²) in [5, 5.41) is 0. The number of halogens is 6. The van der Waals surface area contributed by atoms with Crippen LogP contribution in [0.5, 0.6) is 0 Å². The van der Waals surface area contributed by atoms with Gasteiger partial charge < -0.3 is 0 Å². The Morgan fingerprint density at radius 1 is 0.425 bits per heavy atom. The zero-order valence-electron chi connectivity index (χ0n) is 20.7. The molecular weight excluding hydrogens is 601 g/mol. The van der Waals surface area contributed by atoms with Crippen molar-refractivity contribution in [2.24, 2.45) is 0 Å². The van der Waals surface area contributed by atoms with E-state index in [9.17, 15) is 25.2 Å². The SMILES string of the molecule is F[P-](F)(F)(F)(F)F.[SH2+]c1ccc(-c2ccc(Sc3ccccc3)cc2)cc1-c1ccc(Sc2ccccc2)cc1. The first-order valence-corrected chi connectivity index (χ1v) is 15.9. The van der Waals surface area contributed by atoms with Gasteiger partial charge in [0.1, 0.15) is 0 Å². The van der Waals surface area contributed by atoms with Crippen molar-refractivity contribution in [1.82, 2.24) is 0 Å². The third-order valence-corrected chi connectivity index (χ3v) is 7.80. The molecule has 5 rings (SSSR count). The van der Waals surface area contributed by atoms with Crippen molar-refractivity contribution in [3.63, 3.8) is 0 Å². The van der Waals surface area contributed by atoms with Gasteiger partial charge in [-0.3, -0.25) is 0 Å². The molecule has 5 aromatic rings. The third-order valence-electron chi connectivity index (χ3n) is 5.33. The van der Waals surface area contributed by atoms with Crippen molar-refractivity contribution >= 4 is 44.0 Å². The van der Waals surface area contributed by atoms with Crippen LogP contribution in [0.4, 0.5) is 25.2 Å². The molecule has 0 aliphatic rings. The minimum atomic E-state index is -10.7. The summed E-state index contributed by atoms with van der Waals surface area (Å²) in [5.41, 5.74) is 4.83. The molecule has 0 saturated heterocycles. The van der Waals surface area contributed by atoms with Crippen LogP contribution in [0.15, 0.2) is 152 Å². The fraction of sp³-hybridized carbons (Fsp3) is 0. The van der Waals surface area contributed by atoms with Crippen molar-refractivity contribution in [3.8, 4) is 22.3 Å². The van der Waals surface area contributed by atoms with Crippen LogP contribution in [0.2, 0.25) is 0 Å². The van der Waals surface area contributed by atoms with Crippen LogP contribution in [0.25, 0.3) is 22.3 Å². The Hall–Kier alpha value is -2.84. The van der Waals surface area contributed by atoms with Crippen LogP contribution < -0.4 is 0 Å². The minimum Gasteiger partial charge on any atom is -0.0901 e. The molecule has 0 amide bonds. The van der Waals surface area contributed by atoms with Gasteiger partial charge in [0.2, 0.25) is 0 Å². The van der Waals surface area contributed by atoms with Crippen LogP contribution in [-0.4, -0.2) is 0 Å². The third kappa shape index (κ3) is 10.6. The molecular formula is C30H23F6PS3. The standard InChI is InChI=1S/C30H22S3.F6P/c31-30-20-15-24(22-11-16-27(17-12-22)32-25-7-3-1-4-8-25)21-29(30)23-13-18-28(19-14-23)33-26-9-5-2-6-10-26;1-7(2,3,4,5)6/h1-21,31H;/q;-1/p+1. The van der Waals surface area contributed by atoms with E-state index in [1.165, 1.54) is 41.8 Å². The van der Waals surface area contributed by atoms with Gasteiger partial charge in [-0.1, -0.05) is 84.2 Å². The first-order chi connectivity index (χ1) is 18.7. The van der Waals surface area contributed by atoms with E-state index in [-0.39, 0.29) is 0 Å². The summed E-state index contributed by atoms with van der Waals surface area (Å²) in [4.78, 5) is 6.08. The van der Waals surface area contributed by atoms with Crippen molar-refractivity contribution in [2.75, 3.05) is 0 Å². The van der Waals surface area contributed by atoms with Crippen molar-refractivity contribution in [3.05, 3.63) is 127 Å². The zero-order valence-corrected chi connectivity index (χ0v) is 24.2. The van der Waals surface area contributed by atoms with Crippen LogP contribution in [0, 0.1) is 0 Å². The second kappa shape index (κ2) is 11.6. The molecule has 0 aliphatic heterocycles. The van der Waals surface area contributed by atoms with E-state index in [1.54, 1.807) is 23.5 Å². The molecule has 5 aromatic carbocycles. The average molecular weight is 625 g/mol. The second-order valence-corrected chi connectivity index (χ2v) is 13.3. The summed E-state index contributed by atoms with van der Waals surface area (Å²) in [6, 6.07) is 45.1. The Balaban J connectivity index is 0.000000470. The Labute approximate surface area is 242 Å². The van der Waals surface area contributed by atoms with Gasteiger partial charge in [-0.05, 0) is 96.0 Å². The molecule has 0 bridgehead atoms. The van der Waals surface area contributed by atoms with Gasteiger partial charge in [-0.25, -0.2) is 0 Å². The van der Waals surface area contributed by atoms with Gasteiger partial charge in [0.25, 0.3) is 0 Å². The predicted molar refractivity (Wildman–Crippen MR) is 160 cm³/mol. The summed E-state index contributed by atoms with van der Waals surface area (Å²) >= 11 is 7.38. The van der Waals surface area contributed by atoms with Crippen molar-refractivity contribution < 1.29 is 25.2 Å². The molecule has 0 atom stereocenters. The molecule has 0 nitrogen and oxygen atoms in total. The summed E-state index contributed by atoms with van der Waals surface area (Å²) in [6.45, 7) is 0. The molecule has 40 heavy (non-hydrogen) atoms. The summed E-state index contributed by atoms with van der Waals surface area (Å²) < 4.78 is 59.2. The van der Waals surface area contributed by atoms with E-state index in [0.717, 1.165) is 4.90 Å². The summed E-state index contributed by atoms with van der Waals surface area (Å²) in [6.07, 6.45) is 0. The van der Waals surface area contributed by atoms with Gasteiger partial charge in [0, 0.05) is 25.1 Å². The molecule has 0 unspecified atom stereocenters. The topological polar surface area (TPSA) is 0 Å². The number of hydrogen-bond acceptors (Lipinski definition) is 2. The molecule has 0 radical (unpaired) electrons.